The molecule has 16 heteroatoms. The summed E-state index contributed by atoms with van der Waals surface area (Å²) in [5, 5.41) is 15.3. The van der Waals surface area contributed by atoms with Crippen molar-refractivity contribution >= 4 is 23.6 Å². The van der Waals surface area contributed by atoms with Gasteiger partial charge in [-0.1, -0.05) is 36.4 Å². The Morgan fingerprint density at radius 2 is 1.11 bits per heavy atom. The van der Waals surface area contributed by atoms with Gasteiger partial charge in [0.2, 0.25) is 0 Å². The lowest BCUT2D eigenvalue weighted by molar-refractivity contribution is -0.141. The van der Waals surface area contributed by atoms with Crippen LogP contribution in [0.5, 0.6) is 11.5 Å². The highest BCUT2D eigenvalue weighted by atomic mass is 16.5. The quantitative estimate of drug-likeness (QED) is 0.142. The number of hydrogen-bond donors (Lipinski definition) is 3. The maximum absolute atomic E-state index is 12.4. The van der Waals surface area contributed by atoms with Gasteiger partial charge in [-0.15, -0.1) is 0 Å². The van der Waals surface area contributed by atoms with Gasteiger partial charge in [0.1, 0.15) is 37.8 Å². The zero-order valence-corrected chi connectivity index (χ0v) is 31.1. The highest BCUT2D eigenvalue weighted by Crippen LogP contribution is 2.16. The van der Waals surface area contributed by atoms with Crippen LogP contribution in [0.25, 0.3) is 0 Å². The molecule has 2 aromatic heterocycles. The average molecular weight is 759 g/mol. The number of anilines is 2. The maximum atomic E-state index is 12.4. The van der Waals surface area contributed by atoms with Crippen molar-refractivity contribution in [1.29, 1.82) is 0 Å². The van der Waals surface area contributed by atoms with Crippen molar-refractivity contribution in [2.45, 2.75) is 50.9 Å². The fraction of sp³-hybridized carbons (Fsp3) is 0.436. The molecular weight excluding hydrogens is 708 g/mol. The van der Waals surface area contributed by atoms with E-state index in [0.29, 0.717) is 13.2 Å². The molecule has 2 aliphatic rings. The number of aromatic nitrogens is 4. The van der Waals surface area contributed by atoms with Crippen LogP contribution in [-0.2, 0) is 27.4 Å². The van der Waals surface area contributed by atoms with E-state index in [1.54, 1.807) is 0 Å². The number of piperidine rings is 2. The van der Waals surface area contributed by atoms with Gasteiger partial charge in [-0.2, -0.15) is 0 Å². The van der Waals surface area contributed by atoms with E-state index in [-0.39, 0.29) is 42.4 Å². The lowest BCUT2D eigenvalue weighted by atomic mass is 10.1. The Hall–Kier alpha value is -5.74. The van der Waals surface area contributed by atoms with Crippen molar-refractivity contribution in [1.82, 2.24) is 28.9 Å². The number of rotatable bonds is 16. The summed E-state index contributed by atoms with van der Waals surface area (Å²) >= 11 is 0. The summed E-state index contributed by atoms with van der Waals surface area (Å²) in [4.78, 5) is 59.8. The SMILES string of the molecule is COC(=O)Cn1ccnc(NC2CCN(CCOc3ccccc3)CC2)c1=O.O=C(O)Cn1ccnc(NC2CCN(CCOc3ccccc3)CC2)c1=O. The van der Waals surface area contributed by atoms with Crippen LogP contribution in [0.1, 0.15) is 25.7 Å². The number of carbonyl (C=O) groups is 2. The van der Waals surface area contributed by atoms with E-state index in [0.717, 1.165) is 81.0 Å². The molecule has 0 aliphatic carbocycles. The van der Waals surface area contributed by atoms with Crippen molar-refractivity contribution < 1.29 is 28.9 Å². The van der Waals surface area contributed by atoms with Gasteiger partial charge in [0, 0.05) is 76.1 Å². The van der Waals surface area contributed by atoms with E-state index in [1.807, 2.05) is 60.7 Å². The molecule has 2 fully saturated rings. The van der Waals surface area contributed by atoms with Gasteiger partial charge in [0.05, 0.1) is 7.11 Å². The molecule has 0 saturated carbocycles. The van der Waals surface area contributed by atoms with E-state index in [4.69, 9.17) is 14.6 Å². The number of esters is 1. The summed E-state index contributed by atoms with van der Waals surface area (Å²) in [5.41, 5.74) is -0.717. The number of methoxy groups -OCH3 is 1. The lowest BCUT2D eigenvalue weighted by Crippen LogP contribution is -2.42. The molecule has 3 N–H and O–H groups in total. The fourth-order valence-corrected chi connectivity index (χ4v) is 6.30. The second-order valence-corrected chi connectivity index (χ2v) is 13.2. The third-order valence-electron chi connectivity index (χ3n) is 9.36. The van der Waals surface area contributed by atoms with Gasteiger partial charge in [-0.3, -0.25) is 38.1 Å². The molecule has 0 spiro atoms. The Balaban J connectivity index is 0.000000211. The topological polar surface area (TPSA) is 182 Å². The molecule has 0 radical (unpaired) electrons. The second-order valence-electron chi connectivity index (χ2n) is 13.2. The lowest BCUT2D eigenvalue weighted by Gasteiger charge is -2.32. The van der Waals surface area contributed by atoms with Crippen LogP contribution in [0.2, 0.25) is 0 Å². The number of hydrogen-bond acceptors (Lipinski definition) is 13. The normalized spacial score (nSPS) is 15.3. The van der Waals surface area contributed by atoms with Gasteiger partial charge >= 0.3 is 11.9 Å². The molecule has 2 aromatic carbocycles. The molecule has 2 aliphatic heterocycles. The highest BCUT2D eigenvalue weighted by molar-refractivity contribution is 5.69. The third-order valence-corrected chi connectivity index (χ3v) is 9.36. The van der Waals surface area contributed by atoms with Gasteiger partial charge in [0.15, 0.2) is 11.6 Å². The number of benzene rings is 2. The van der Waals surface area contributed by atoms with Crippen molar-refractivity contribution in [3.63, 3.8) is 0 Å². The first-order valence-corrected chi connectivity index (χ1v) is 18.5. The molecule has 16 nitrogen and oxygen atoms in total. The summed E-state index contributed by atoms with van der Waals surface area (Å²) in [7, 11) is 1.30. The molecule has 0 atom stereocenters. The molecule has 294 valence electrons. The monoisotopic (exact) mass is 758 g/mol. The Bertz CT molecular complexity index is 1890. The van der Waals surface area contributed by atoms with Gasteiger partial charge in [-0.05, 0) is 49.9 Å². The van der Waals surface area contributed by atoms with E-state index in [9.17, 15) is 19.2 Å². The minimum absolute atomic E-state index is 0.119. The summed E-state index contributed by atoms with van der Waals surface area (Å²) in [6.45, 7) is 6.22. The number of nitrogens with one attached hydrogen (secondary N) is 2. The van der Waals surface area contributed by atoms with Crippen molar-refractivity contribution in [3.8, 4) is 11.5 Å². The number of carboxylic acids is 1. The zero-order valence-electron chi connectivity index (χ0n) is 31.1. The smallest absolute Gasteiger partial charge is 0.325 e. The number of ether oxygens (including phenoxy) is 3. The molecule has 55 heavy (non-hydrogen) atoms. The Kier molecular flexibility index (Phi) is 15.6. The number of carbonyl (C=O) groups excluding carboxylic acids is 1. The highest BCUT2D eigenvalue weighted by Gasteiger charge is 2.22. The van der Waals surface area contributed by atoms with Crippen molar-refractivity contribution in [2.75, 3.05) is 70.2 Å². The first kappa shape index (κ1) is 40.4. The number of carboxylic acid groups (broad SMARTS) is 1. The summed E-state index contributed by atoms with van der Waals surface area (Å²) in [6.07, 6.45) is 9.44. The van der Waals surface area contributed by atoms with Gasteiger partial charge in [0.25, 0.3) is 11.1 Å². The van der Waals surface area contributed by atoms with Crippen LogP contribution >= 0.6 is 0 Å². The maximum Gasteiger partial charge on any atom is 0.325 e. The minimum Gasteiger partial charge on any atom is -0.492 e. The van der Waals surface area contributed by atoms with E-state index >= 15 is 0 Å². The summed E-state index contributed by atoms with van der Waals surface area (Å²) in [6, 6.07) is 19.9. The Morgan fingerprint density at radius 3 is 1.51 bits per heavy atom. The standard InChI is InChI=1S/C20H26N4O4.C19H24N4O4/c1-27-18(25)15-24-12-9-21-19(20(24)26)22-16-7-10-23(11-8-16)13-14-28-17-5-3-2-4-6-17;24-17(25)14-23-11-8-20-18(19(23)26)21-15-6-9-22(10-7-15)12-13-27-16-4-2-1-3-5-16/h2-6,9,12,16H,7-8,10-11,13-15H2,1H3,(H,21,22);1-5,8,11,15H,6-7,9-10,12-14H2,(H,20,21)(H,24,25). The Labute approximate surface area is 319 Å². The molecule has 2 saturated heterocycles. The summed E-state index contributed by atoms with van der Waals surface area (Å²) in [5.74, 6) is 0.728. The number of nitrogens with zero attached hydrogens (tertiary/aromatic N) is 6. The zero-order chi connectivity index (χ0) is 38.8. The van der Waals surface area contributed by atoms with E-state index in [2.05, 4.69) is 35.1 Å². The molecular formula is C39H50N8O8. The predicted molar refractivity (Wildman–Crippen MR) is 207 cm³/mol. The van der Waals surface area contributed by atoms with E-state index in [1.165, 1.54) is 36.5 Å². The Morgan fingerprint density at radius 1 is 0.691 bits per heavy atom. The van der Waals surface area contributed by atoms with Crippen LogP contribution in [0.15, 0.2) is 95.0 Å². The molecule has 0 bridgehead atoms. The number of aliphatic carboxylic acids is 1. The van der Waals surface area contributed by atoms with E-state index < -0.39 is 17.5 Å². The van der Waals surface area contributed by atoms with Crippen LogP contribution in [0, 0.1) is 0 Å². The number of para-hydroxylation sites is 2. The molecule has 0 unspecified atom stereocenters. The largest absolute Gasteiger partial charge is 0.492 e. The van der Waals surface area contributed by atoms with Crippen molar-refractivity contribution in [2.24, 2.45) is 0 Å². The fourth-order valence-electron chi connectivity index (χ4n) is 6.30. The minimum atomic E-state index is -1.06. The molecule has 6 rings (SSSR count). The van der Waals surface area contributed by atoms with Gasteiger partial charge < -0.3 is 30.0 Å². The van der Waals surface area contributed by atoms with Crippen LogP contribution in [0.3, 0.4) is 0 Å². The average Bonchev–Trinajstić information content (AvgIpc) is 3.20. The van der Waals surface area contributed by atoms with Crippen LogP contribution in [0.4, 0.5) is 11.6 Å². The molecule has 4 heterocycles. The number of likely N-dealkylation sites (tertiary alicyclic amines) is 2. The first-order valence-electron chi connectivity index (χ1n) is 18.5. The molecule has 4 aromatic rings. The first-order chi connectivity index (χ1) is 26.8. The van der Waals surface area contributed by atoms with Crippen LogP contribution in [-0.4, -0.2) is 118 Å². The second kappa shape index (κ2) is 21.2. The van der Waals surface area contributed by atoms with Crippen molar-refractivity contribution in [3.05, 3.63) is 106 Å². The third kappa shape index (κ3) is 13.3. The molecule has 0 amide bonds. The predicted octanol–water partition coefficient (Wildman–Crippen LogP) is 2.65. The summed E-state index contributed by atoms with van der Waals surface area (Å²) < 4.78 is 18.5. The van der Waals surface area contributed by atoms with Gasteiger partial charge in [-0.25, -0.2) is 9.97 Å². The van der Waals surface area contributed by atoms with Crippen LogP contribution < -0.4 is 31.2 Å².